The van der Waals surface area contributed by atoms with Crippen LogP contribution < -0.4 is 4.72 Å². The minimum absolute atomic E-state index is 0.0511. The highest BCUT2D eigenvalue weighted by Gasteiger charge is 2.25. The minimum atomic E-state index is -4.22. The van der Waals surface area contributed by atoms with Gasteiger partial charge in [0, 0.05) is 12.6 Å². The maximum absolute atomic E-state index is 10.0. The van der Waals surface area contributed by atoms with Crippen LogP contribution in [0.15, 0.2) is 0 Å². The summed E-state index contributed by atoms with van der Waals surface area (Å²) in [6, 6.07) is -0.268. The highest BCUT2D eigenvalue weighted by atomic mass is 32.2. The summed E-state index contributed by atoms with van der Waals surface area (Å²) < 4.78 is 29.9. The topological polar surface area (TPSA) is 127 Å². The molecule has 0 aromatic carbocycles. The van der Waals surface area contributed by atoms with Gasteiger partial charge in [-0.1, -0.05) is 0 Å². The third kappa shape index (κ3) is 9.97. The second-order valence-corrected chi connectivity index (χ2v) is 5.53. The Hall–Kier alpha value is -0.0331. The molecule has 0 bridgehead atoms. The minimum Gasteiger partial charge on any atom is -0.390 e. The molecule has 0 saturated heterocycles. The fourth-order valence-electron chi connectivity index (χ4n) is 0.527. The zero-order chi connectivity index (χ0) is 9.83. The Balaban J connectivity index is 3.48. The highest BCUT2D eigenvalue weighted by Crippen LogP contribution is 1.99. The Labute approximate surface area is 70.9 Å². The van der Waals surface area contributed by atoms with Gasteiger partial charge in [0.15, 0.2) is 0 Å². The smallest absolute Gasteiger partial charge is 0.390 e. The third-order valence-corrected chi connectivity index (χ3v) is 2.57. The number of nitrogens with one attached hydrogen (secondary N) is 1. The number of rotatable bonds is 5. The van der Waals surface area contributed by atoms with Crippen LogP contribution in [-0.2, 0) is 10.3 Å². The van der Waals surface area contributed by atoms with Gasteiger partial charge in [-0.3, -0.25) is 4.55 Å². The molecule has 0 saturated carbocycles. The van der Waals surface area contributed by atoms with E-state index in [0.29, 0.717) is 0 Å². The molecule has 0 aromatic heterocycles. The molecule has 0 rings (SSSR count). The molecule has 9 heteroatoms. The summed E-state index contributed by atoms with van der Waals surface area (Å²) in [6.07, 6.45) is 0.0511. The SMILES string of the molecule is O=S(=O)(O)NCCC[Si](O)(O)O. The lowest BCUT2D eigenvalue weighted by Crippen LogP contribution is -2.35. The van der Waals surface area contributed by atoms with Gasteiger partial charge in [-0.05, 0) is 6.42 Å². The molecule has 0 aromatic rings. The van der Waals surface area contributed by atoms with Crippen LogP contribution >= 0.6 is 0 Å². The van der Waals surface area contributed by atoms with Crippen molar-refractivity contribution in [3.8, 4) is 0 Å². The first kappa shape index (κ1) is 12.0. The summed E-state index contributed by atoms with van der Waals surface area (Å²) in [5.41, 5.74) is 0. The molecule has 0 unspecified atom stereocenters. The van der Waals surface area contributed by atoms with E-state index in [0.717, 1.165) is 0 Å². The summed E-state index contributed by atoms with van der Waals surface area (Å²) >= 11 is 0. The monoisotopic (exact) mass is 217 g/mol. The first-order valence-corrected chi connectivity index (χ1v) is 6.59. The van der Waals surface area contributed by atoms with E-state index >= 15 is 0 Å². The summed E-state index contributed by atoms with van der Waals surface area (Å²) in [7, 11) is -8.29. The van der Waals surface area contributed by atoms with Crippen LogP contribution in [0.1, 0.15) is 6.42 Å². The average Bonchev–Trinajstić information content (AvgIpc) is 1.76. The van der Waals surface area contributed by atoms with Crippen molar-refractivity contribution in [1.82, 2.24) is 4.72 Å². The van der Waals surface area contributed by atoms with E-state index < -0.39 is 19.1 Å². The Morgan fingerprint density at radius 2 is 1.75 bits per heavy atom. The molecule has 7 nitrogen and oxygen atoms in total. The van der Waals surface area contributed by atoms with Gasteiger partial charge in [0.1, 0.15) is 0 Å². The maximum Gasteiger partial charge on any atom is 0.492 e. The van der Waals surface area contributed by atoms with E-state index in [-0.39, 0.29) is 19.0 Å². The van der Waals surface area contributed by atoms with E-state index in [9.17, 15) is 8.42 Å². The second-order valence-electron chi connectivity index (χ2n) is 2.25. The fraction of sp³-hybridized carbons (Fsp3) is 1.00. The fourth-order valence-corrected chi connectivity index (χ4v) is 1.58. The lowest BCUT2D eigenvalue weighted by atomic mass is 10.5. The van der Waals surface area contributed by atoms with Crippen molar-refractivity contribution in [2.45, 2.75) is 12.5 Å². The zero-order valence-corrected chi connectivity index (χ0v) is 7.95. The van der Waals surface area contributed by atoms with Crippen molar-refractivity contribution in [2.24, 2.45) is 0 Å². The van der Waals surface area contributed by atoms with Crippen molar-refractivity contribution in [3.05, 3.63) is 0 Å². The van der Waals surface area contributed by atoms with E-state index in [1.165, 1.54) is 0 Å². The summed E-state index contributed by atoms with van der Waals surface area (Å²) in [6.45, 7) is -0.144. The molecule has 0 amide bonds. The van der Waals surface area contributed by atoms with Gasteiger partial charge in [-0.2, -0.15) is 13.1 Å². The normalized spacial score (nSPS) is 13.3. The standard InChI is InChI=1S/C3H11NO6SSi/c5-11(6,7)4-2-1-3-12(8,9)10/h4,8-10H,1-3H2,(H,5,6,7). The van der Waals surface area contributed by atoms with E-state index in [2.05, 4.69) is 0 Å². The molecule has 74 valence electrons. The van der Waals surface area contributed by atoms with Crippen LogP contribution in [0.2, 0.25) is 6.04 Å². The molecular formula is C3H11NO6SSi. The molecule has 0 aliphatic rings. The molecule has 0 fully saturated rings. The molecular weight excluding hydrogens is 206 g/mol. The average molecular weight is 217 g/mol. The van der Waals surface area contributed by atoms with Crippen molar-refractivity contribution < 1.29 is 27.4 Å². The van der Waals surface area contributed by atoms with Crippen molar-refractivity contribution >= 4 is 19.1 Å². The quantitative estimate of drug-likeness (QED) is 0.200. The van der Waals surface area contributed by atoms with Gasteiger partial charge in [0.25, 0.3) is 0 Å². The van der Waals surface area contributed by atoms with Crippen LogP contribution in [0.3, 0.4) is 0 Å². The molecule has 0 aliphatic carbocycles. The van der Waals surface area contributed by atoms with Crippen molar-refractivity contribution in [1.29, 1.82) is 0 Å². The Morgan fingerprint density at radius 1 is 1.25 bits per heavy atom. The van der Waals surface area contributed by atoms with Crippen LogP contribution in [-0.4, -0.2) is 42.7 Å². The van der Waals surface area contributed by atoms with Gasteiger partial charge in [-0.15, -0.1) is 0 Å². The van der Waals surface area contributed by atoms with Gasteiger partial charge in [0.2, 0.25) is 0 Å². The molecule has 0 aliphatic heterocycles. The van der Waals surface area contributed by atoms with E-state index in [1.807, 2.05) is 0 Å². The zero-order valence-electron chi connectivity index (χ0n) is 6.13. The van der Waals surface area contributed by atoms with E-state index in [1.54, 1.807) is 4.72 Å². The molecule has 0 radical (unpaired) electrons. The van der Waals surface area contributed by atoms with E-state index in [4.69, 9.17) is 18.9 Å². The van der Waals surface area contributed by atoms with Gasteiger partial charge in [0.05, 0.1) is 0 Å². The summed E-state index contributed by atoms with van der Waals surface area (Å²) in [4.78, 5) is 25.4. The van der Waals surface area contributed by atoms with Crippen molar-refractivity contribution in [2.75, 3.05) is 6.54 Å². The second kappa shape index (κ2) is 4.27. The Bertz CT molecular complexity index is 219. The van der Waals surface area contributed by atoms with Crippen LogP contribution in [0.25, 0.3) is 0 Å². The Morgan fingerprint density at radius 3 is 2.08 bits per heavy atom. The van der Waals surface area contributed by atoms with Crippen molar-refractivity contribution in [3.63, 3.8) is 0 Å². The molecule has 5 N–H and O–H groups in total. The molecule has 0 heterocycles. The van der Waals surface area contributed by atoms with Crippen LogP contribution in [0.4, 0.5) is 0 Å². The predicted octanol–water partition coefficient (Wildman–Crippen LogP) is -2.32. The maximum atomic E-state index is 10.0. The number of hydrogen-bond acceptors (Lipinski definition) is 5. The van der Waals surface area contributed by atoms with Gasteiger partial charge in [-0.25, -0.2) is 0 Å². The highest BCUT2D eigenvalue weighted by molar-refractivity contribution is 7.83. The molecule has 0 atom stereocenters. The molecule has 0 spiro atoms. The lowest BCUT2D eigenvalue weighted by molar-refractivity contribution is 0.226. The van der Waals surface area contributed by atoms with Crippen LogP contribution in [0.5, 0.6) is 0 Å². The summed E-state index contributed by atoms with van der Waals surface area (Å²) in [5.74, 6) is 0. The first-order chi connectivity index (χ1) is 5.21. The Kier molecular flexibility index (Phi) is 4.26. The first-order valence-electron chi connectivity index (χ1n) is 3.10. The third-order valence-electron chi connectivity index (χ3n) is 0.973. The number of hydrogen-bond donors (Lipinski definition) is 5. The van der Waals surface area contributed by atoms with Crippen LogP contribution in [0, 0.1) is 0 Å². The van der Waals surface area contributed by atoms with Gasteiger partial charge < -0.3 is 14.4 Å². The summed E-state index contributed by atoms with van der Waals surface area (Å²) in [5, 5.41) is 0. The lowest BCUT2D eigenvalue weighted by Gasteiger charge is -2.07. The predicted molar refractivity (Wildman–Crippen MR) is 41.4 cm³/mol. The van der Waals surface area contributed by atoms with Gasteiger partial charge >= 0.3 is 19.1 Å². The molecule has 12 heavy (non-hydrogen) atoms. The largest absolute Gasteiger partial charge is 0.492 e.